The Morgan fingerprint density at radius 1 is 0.812 bits per heavy atom. The van der Waals surface area contributed by atoms with Crippen LogP contribution in [0.2, 0.25) is 5.02 Å². The fraction of sp³-hybridized carbons (Fsp3) is 0.250. The van der Waals surface area contributed by atoms with Gasteiger partial charge in [0.2, 0.25) is 10.0 Å². The molecule has 0 aliphatic carbocycles. The molecule has 0 N–H and O–H groups in total. The minimum atomic E-state index is -3.77. The Balaban J connectivity index is 1.42. The molecular weight excluding hydrogens is 476 g/mol. The summed E-state index contributed by atoms with van der Waals surface area (Å²) in [6.07, 6.45) is 2.83. The number of hydrogen-bond acceptors (Lipinski definition) is 6. The van der Waals surface area contributed by atoms with Crippen molar-refractivity contribution in [3.63, 3.8) is 0 Å². The van der Waals surface area contributed by atoms with E-state index in [0.717, 1.165) is 0 Å². The molecule has 0 amide bonds. The van der Waals surface area contributed by atoms with Crippen molar-refractivity contribution in [2.45, 2.75) is 9.92 Å². The molecule has 1 aliphatic heterocycles. The summed E-state index contributed by atoms with van der Waals surface area (Å²) < 4.78 is 61.2. The van der Waals surface area contributed by atoms with Gasteiger partial charge in [0.1, 0.15) is 11.5 Å². The van der Waals surface area contributed by atoms with E-state index in [1.54, 1.807) is 48.0 Å². The predicted molar refractivity (Wildman–Crippen MR) is 119 cm³/mol. The lowest BCUT2D eigenvalue weighted by molar-refractivity contribution is 0.272. The Labute approximate surface area is 191 Å². The van der Waals surface area contributed by atoms with Gasteiger partial charge in [-0.2, -0.15) is 8.61 Å². The zero-order chi connectivity index (χ0) is 22.9. The first-order valence-electron chi connectivity index (χ1n) is 9.68. The van der Waals surface area contributed by atoms with Crippen LogP contribution in [0, 0.1) is 0 Å². The highest BCUT2D eigenvalue weighted by molar-refractivity contribution is 7.89. The van der Waals surface area contributed by atoms with Crippen molar-refractivity contribution in [3.8, 4) is 11.5 Å². The van der Waals surface area contributed by atoms with E-state index < -0.39 is 20.0 Å². The van der Waals surface area contributed by atoms with Crippen LogP contribution in [0.5, 0.6) is 11.5 Å². The number of benzene rings is 2. The average Bonchev–Trinajstić information content (AvgIpc) is 3.23. The summed E-state index contributed by atoms with van der Waals surface area (Å²) >= 11 is 5.86. The molecule has 0 radical (unpaired) electrons. The van der Waals surface area contributed by atoms with E-state index in [-0.39, 0.29) is 36.1 Å². The molecule has 3 aromatic rings. The van der Waals surface area contributed by atoms with Crippen LogP contribution in [-0.2, 0) is 27.1 Å². The summed E-state index contributed by atoms with van der Waals surface area (Å²) in [4.78, 5) is 4.02. The van der Waals surface area contributed by atoms with Crippen molar-refractivity contribution in [1.29, 1.82) is 0 Å². The summed E-state index contributed by atoms with van der Waals surface area (Å²) in [6.45, 7) is 0.209. The molecule has 9 nitrogen and oxygen atoms in total. The smallest absolute Gasteiger partial charge is 0.262 e. The summed E-state index contributed by atoms with van der Waals surface area (Å²) in [6, 6.07) is 12.9. The molecule has 0 unspecified atom stereocenters. The number of hydrogen-bond donors (Lipinski definition) is 0. The fourth-order valence-electron chi connectivity index (χ4n) is 3.27. The van der Waals surface area contributed by atoms with E-state index in [1.807, 2.05) is 0 Å². The largest absolute Gasteiger partial charge is 0.457 e. The second-order valence-electron chi connectivity index (χ2n) is 7.21. The van der Waals surface area contributed by atoms with E-state index in [9.17, 15) is 16.8 Å². The molecule has 0 atom stereocenters. The van der Waals surface area contributed by atoms with Gasteiger partial charge in [0, 0.05) is 44.4 Å². The summed E-state index contributed by atoms with van der Waals surface area (Å²) in [5, 5.41) is 0.541. The zero-order valence-corrected chi connectivity index (χ0v) is 19.5. The zero-order valence-electron chi connectivity index (χ0n) is 17.1. The third-order valence-corrected chi connectivity index (χ3v) is 8.94. The predicted octanol–water partition coefficient (Wildman–Crippen LogP) is 2.56. The molecule has 0 spiro atoms. The first-order valence-corrected chi connectivity index (χ1v) is 12.9. The van der Waals surface area contributed by atoms with Crippen molar-refractivity contribution < 1.29 is 21.6 Å². The van der Waals surface area contributed by atoms with Gasteiger partial charge < -0.3 is 9.30 Å². The molecule has 1 fully saturated rings. The van der Waals surface area contributed by atoms with Gasteiger partial charge in [-0.25, -0.2) is 21.8 Å². The van der Waals surface area contributed by atoms with Gasteiger partial charge in [0.05, 0.1) is 11.2 Å². The molecule has 2 heterocycles. The Bertz CT molecular complexity index is 1300. The lowest BCUT2D eigenvalue weighted by Gasteiger charge is -2.32. The van der Waals surface area contributed by atoms with Crippen LogP contribution in [0.15, 0.2) is 71.0 Å². The van der Waals surface area contributed by atoms with E-state index in [0.29, 0.717) is 16.5 Å². The maximum absolute atomic E-state index is 13.0. The van der Waals surface area contributed by atoms with Gasteiger partial charge >= 0.3 is 0 Å². The van der Waals surface area contributed by atoms with Crippen molar-refractivity contribution in [1.82, 2.24) is 18.2 Å². The SMILES string of the molecule is Cn1cnc(S(=O)(=O)N2CCN(S(=O)(=O)c3ccc(Oc4ccc(Cl)cc4)cc3)CC2)c1. The lowest BCUT2D eigenvalue weighted by Crippen LogP contribution is -2.50. The molecule has 0 bridgehead atoms. The van der Waals surface area contributed by atoms with Crippen LogP contribution in [0.4, 0.5) is 0 Å². The lowest BCUT2D eigenvalue weighted by atomic mass is 10.3. The van der Waals surface area contributed by atoms with Gasteiger partial charge in [0.15, 0.2) is 5.03 Å². The number of piperazine rings is 1. The highest BCUT2D eigenvalue weighted by atomic mass is 35.5. The number of rotatable bonds is 6. The Morgan fingerprint density at radius 2 is 1.31 bits per heavy atom. The first kappa shape index (κ1) is 22.7. The number of sulfonamides is 2. The normalized spacial score (nSPS) is 16.2. The molecule has 1 saturated heterocycles. The summed E-state index contributed by atoms with van der Waals surface area (Å²) in [7, 11) is -5.84. The number of ether oxygens (including phenoxy) is 1. The maximum Gasteiger partial charge on any atom is 0.262 e. The number of aryl methyl sites for hydroxylation is 1. The van der Waals surface area contributed by atoms with Crippen LogP contribution >= 0.6 is 11.6 Å². The molecule has 12 heteroatoms. The molecule has 1 aromatic heterocycles. The molecule has 32 heavy (non-hydrogen) atoms. The van der Waals surface area contributed by atoms with Gasteiger partial charge in [-0.05, 0) is 48.5 Å². The Kier molecular flexibility index (Phi) is 6.28. The maximum atomic E-state index is 13.0. The Hall–Kier alpha value is -2.44. The minimum absolute atomic E-state index is 0.0485. The van der Waals surface area contributed by atoms with Gasteiger partial charge in [-0.3, -0.25) is 0 Å². The number of halogens is 1. The second-order valence-corrected chi connectivity index (χ2v) is 11.5. The van der Waals surface area contributed by atoms with Crippen LogP contribution in [-0.4, -0.2) is 61.2 Å². The van der Waals surface area contributed by atoms with Gasteiger partial charge in [0.25, 0.3) is 10.0 Å². The van der Waals surface area contributed by atoms with E-state index >= 15 is 0 Å². The highest BCUT2D eigenvalue weighted by Crippen LogP contribution is 2.26. The van der Waals surface area contributed by atoms with Crippen molar-refractivity contribution >= 4 is 31.6 Å². The summed E-state index contributed by atoms with van der Waals surface area (Å²) in [5.74, 6) is 1.06. The van der Waals surface area contributed by atoms with Crippen molar-refractivity contribution in [3.05, 3.63) is 66.1 Å². The number of imidazole rings is 1. The van der Waals surface area contributed by atoms with Crippen LogP contribution in [0.25, 0.3) is 0 Å². The average molecular weight is 497 g/mol. The minimum Gasteiger partial charge on any atom is -0.457 e. The molecule has 1 aliphatic rings. The standard InChI is InChI=1S/C20H21ClN4O5S2/c1-23-14-20(22-15-23)32(28,29)25-12-10-24(11-13-25)31(26,27)19-8-6-18(7-9-19)30-17-4-2-16(21)3-5-17/h2-9,14-15H,10-13H2,1H3. The summed E-state index contributed by atoms with van der Waals surface area (Å²) in [5.41, 5.74) is 0. The van der Waals surface area contributed by atoms with Crippen molar-refractivity contribution in [2.24, 2.45) is 7.05 Å². The van der Waals surface area contributed by atoms with E-state index in [4.69, 9.17) is 16.3 Å². The molecule has 2 aromatic carbocycles. The second kappa shape index (κ2) is 8.83. The Morgan fingerprint density at radius 3 is 1.81 bits per heavy atom. The number of nitrogens with zero attached hydrogens (tertiary/aromatic N) is 4. The monoisotopic (exact) mass is 496 g/mol. The van der Waals surface area contributed by atoms with Crippen LogP contribution in [0.1, 0.15) is 0 Å². The van der Waals surface area contributed by atoms with E-state index in [1.165, 1.54) is 33.3 Å². The molecule has 0 saturated carbocycles. The topological polar surface area (TPSA) is 102 Å². The third kappa shape index (κ3) is 4.66. The van der Waals surface area contributed by atoms with Gasteiger partial charge in [-0.15, -0.1) is 0 Å². The third-order valence-electron chi connectivity index (χ3n) is 4.99. The van der Waals surface area contributed by atoms with Crippen molar-refractivity contribution in [2.75, 3.05) is 26.2 Å². The quantitative estimate of drug-likeness (QED) is 0.519. The van der Waals surface area contributed by atoms with Crippen LogP contribution in [0.3, 0.4) is 0 Å². The molecular formula is C20H21ClN4O5S2. The van der Waals surface area contributed by atoms with Crippen LogP contribution < -0.4 is 4.74 Å². The first-order chi connectivity index (χ1) is 15.2. The highest BCUT2D eigenvalue weighted by Gasteiger charge is 2.34. The van der Waals surface area contributed by atoms with Gasteiger partial charge in [-0.1, -0.05) is 11.6 Å². The molecule has 170 valence electrons. The fourth-order valence-corrected chi connectivity index (χ4v) is 6.21. The van der Waals surface area contributed by atoms with E-state index in [2.05, 4.69) is 4.98 Å². The molecule has 4 rings (SSSR count). The number of aromatic nitrogens is 2.